The van der Waals surface area contributed by atoms with Gasteiger partial charge in [-0.2, -0.15) is 9.97 Å². The van der Waals surface area contributed by atoms with Gasteiger partial charge in [0.2, 0.25) is 5.95 Å². The van der Waals surface area contributed by atoms with E-state index in [1.807, 2.05) is 18.2 Å². The van der Waals surface area contributed by atoms with Crippen LogP contribution in [0.4, 0.5) is 0 Å². The fourth-order valence-corrected chi connectivity index (χ4v) is 9.70. The zero-order chi connectivity index (χ0) is 41.4. The van der Waals surface area contributed by atoms with Crippen molar-refractivity contribution in [2.75, 3.05) is 0 Å². The van der Waals surface area contributed by atoms with E-state index in [1.165, 1.54) is 21.8 Å². The van der Waals surface area contributed by atoms with Gasteiger partial charge in [-0.15, -0.1) is 0 Å². The average Bonchev–Trinajstić information content (AvgIpc) is 4.02. The lowest BCUT2D eigenvalue weighted by molar-refractivity contribution is 0.669. The van der Waals surface area contributed by atoms with Crippen LogP contribution in [-0.2, 0) is 0 Å². The van der Waals surface area contributed by atoms with Crippen LogP contribution in [0, 0.1) is 0 Å². The Kier molecular flexibility index (Phi) is 7.93. The molecule has 6 nitrogen and oxygen atoms in total. The van der Waals surface area contributed by atoms with Crippen molar-refractivity contribution in [3.05, 3.63) is 206 Å². The highest BCUT2D eigenvalue weighted by Crippen LogP contribution is 2.42. The Morgan fingerprint density at radius 3 is 1.79 bits per heavy atom. The van der Waals surface area contributed by atoms with Gasteiger partial charge in [-0.25, -0.2) is 4.98 Å². The molecule has 0 aliphatic heterocycles. The topological polar surface area (TPSA) is 61.7 Å². The van der Waals surface area contributed by atoms with Crippen molar-refractivity contribution in [1.29, 1.82) is 0 Å². The van der Waals surface area contributed by atoms with Gasteiger partial charge in [0.25, 0.3) is 0 Å². The SMILES string of the molecule is C1=CC(c2nc(-c3ccccc3)nc(-n3c4ccccc4c4cc(-c5ccc6oc7cccc(-c8ccc9c(c8)c8ccccc8n9-c8ccccc8)c7c6c5)ccc43)n2)=CCC1. The minimum absolute atomic E-state index is 0.597. The van der Waals surface area contributed by atoms with Gasteiger partial charge in [0.15, 0.2) is 11.6 Å². The summed E-state index contributed by atoms with van der Waals surface area (Å²) in [6.07, 6.45) is 8.53. The predicted octanol–water partition coefficient (Wildman–Crippen LogP) is 14.7. The highest BCUT2D eigenvalue weighted by atomic mass is 16.3. The minimum Gasteiger partial charge on any atom is -0.456 e. The maximum atomic E-state index is 6.57. The molecule has 0 unspecified atom stereocenters. The molecule has 0 radical (unpaired) electrons. The molecule has 0 saturated heterocycles. The van der Waals surface area contributed by atoms with E-state index in [9.17, 15) is 0 Å². The number of rotatable bonds is 6. The monoisotopic (exact) mass is 807 g/mol. The van der Waals surface area contributed by atoms with Gasteiger partial charge in [-0.05, 0) is 102 Å². The molecule has 1 aliphatic rings. The summed E-state index contributed by atoms with van der Waals surface area (Å²) >= 11 is 0. The van der Waals surface area contributed by atoms with Gasteiger partial charge in [-0.3, -0.25) is 4.57 Å². The lowest BCUT2D eigenvalue weighted by atomic mass is 9.96. The number of hydrogen-bond donors (Lipinski definition) is 0. The maximum absolute atomic E-state index is 6.57. The van der Waals surface area contributed by atoms with Crippen LogP contribution < -0.4 is 0 Å². The van der Waals surface area contributed by atoms with Crippen molar-refractivity contribution < 1.29 is 4.42 Å². The molecule has 296 valence electrons. The molecule has 0 amide bonds. The first-order chi connectivity index (χ1) is 31.2. The number of fused-ring (bicyclic) bond motifs is 9. The quantitative estimate of drug-likeness (QED) is 0.168. The summed E-state index contributed by atoms with van der Waals surface area (Å²) in [5.41, 5.74) is 13.8. The molecule has 63 heavy (non-hydrogen) atoms. The van der Waals surface area contributed by atoms with E-state index in [2.05, 4.69) is 191 Å². The lowest BCUT2D eigenvalue weighted by Gasteiger charge is -2.12. The second-order valence-electron chi connectivity index (χ2n) is 16.3. The fraction of sp³-hybridized carbons (Fsp3) is 0.0351. The fourth-order valence-electron chi connectivity index (χ4n) is 9.70. The van der Waals surface area contributed by atoms with Crippen LogP contribution in [0.2, 0.25) is 0 Å². The first-order valence-corrected chi connectivity index (χ1v) is 21.5. The number of para-hydroxylation sites is 3. The van der Waals surface area contributed by atoms with Gasteiger partial charge >= 0.3 is 0 Å². The standard InChI is InChI=1S/C57H37N5O/c1-4-15-36(16-5-1)55-58-56(37-17-6-2-7-18-37)60-57(59-55)62-49-25-13-11-22-44(49)45-33-38(27-30-51(45)62)39-29-32-52-47(34-39)54-42(23-14-26-53(54)63-52)40-28-31-50-46(35-40)43-21-10-12-24-48(43)61(50)41-19-8-3-9-20-41/h1,3-6,8-35H,2,7H2. The Morgan fingerprint density at radius 2 is 1.03 bits per heavy atom. The Hall–Kier alpha value is -8.35. The van der Waals surface area contributed by atoms with E-state index < -0.39 is 0 Å². The van der Waals surface area contributed by atoms with Gasteiger partial charge < -0.3 is 8.98 Å². The number of furan rings is 1. The summed E-state index contributed by atoms with van der Waals surface area (Å²) in [7, 11) is 0. The molecule has 0 saturated carbocycles. The number of benzene rings is 8. The third-order valence-electron chi connectivity index (χ3n) is 12.6. The molecule has 0 spiro atoms. The van der Waals surface area contributed by atoms with E-state index in [1.54, 1.807) is 0 Å². The Morgan fingerprint density at radius 1 is 0.413 bits per heavy atom. The maximum Gasteiger partial charge on any atom is 0.238 e. The molecule has 12 aromatic rings. The normalized spacial score (nSPS) is 13.0. The van der Waals surface area contributed by atoms with E-state index in [0.29, 0.717) is 17.6 Å². The summed E-state index contributed by atoms with van der Waals surface area (Å²) < 4.78 is 11.1. The minimum atomic E-state index is 0.597. The van der Waals surface area contributed by atoms with Crippen LogP contribution in [-0.4, -0.2) is 24.1 Å². The average molecular weight is 808 g/mol. The van der Waals surface area contributed by atoms with Gasteiger partial charge in [-0.1, -0.05) is 133 Å². The summed E-state index contributed by atoms with van der Waals surface area (Å²) in [4.78, 5) is 15.3. The Balaban J connectivity index is 0.959. The molecule has 0 fully saturated rings. The van der Waals surface area contributed by atoms with Crippen molar-refractivity contribution in [2.24, 2.45) is 0 Å². The van der Waals surface area contributed by atoms with Crippen LogP contribution in [0.25, 0.3) is 116 Å². The van der Waals surface area contributed by atoms with E-state index in [-0.39, 0.29) is 0 Å². The van der Waals surface area contributed by atoms with Crippen molar-refractivity contribution in [2.45, 2.75) is 12.8 Å². The van der Waals surface area contributed by atoms with Crippen LogP contribution in [0.3, 0.4) is 0 Å². The molecular weight excluding hydrogens is 771 g/mol. The third kappa shape index (κ3) is 5.69. The number of allylic oxidation sites excluding steroid dienone is 4. The molecule has 0 bridgehead atoms. The third-order valence-corrected chi connectivity index (χ3v) is 12.6. The molecule has 6 heteroatoms. The molecular formula is C57H37N5O. The Bertz CT molecular complexity index is 3850. The smallest absolute Gasteiger partial charge is 0.238 e. The van der Waals surface area contributed by atoms with Gasteiger partial charge in [0, 0.05) is 49.1 Å². The van der Waals surface area contributed by atoms with Crippen molar-refractivity contribution >= 4 is 71.1 Å². The molecule has 1 aliphatic carbocycles. The largest absolute Gasteiger partial charge is 0.456 e. The van der Waals surface area contributed by atoms with Gasteiger partial charge in [0.05, 0.1) is 22.1 Å². The van der Waals surface area contributed by atoms with Crippen LogP contribution in [0.15, 0.2) is 205 Å². The summed E-state index contributed by atoms with van der Waals surface area (Å²) in [6.45, 7) is 0. The predicted molar refractivity (Wildman–Crippen MR) is 258 cm³/mol. The molecule has 13 rings (SSSR count). The first kappa shape index (κ1) is 35.4. The zero-order valence-corrected chi connectivity index (χ0v) is 34.1. The number of aromatic nitrogens is 5. The second-order valence-corrected chi connectivity index (χ2v) is 16.3. The van der Waals surface area contributed by atoms with Gasteiger partial charge in [0.1, 0.15) is 11.2 Å². The highest BCUT2D eigenvalue weighted by Gasteiger charge is 2.21. The molecule has 4 aromatic heterocycles. The Labute approximate surface area is 362 Å². The van der Waals surface area contributed by atoms with E-state index in [4.69, 9.17) is 19.4 Å². The second kappa shape index (κ2) is 14.1. The van der Waals surface area contributed by atoms with Crippen molar-refractivity contribution in [1.82, 2.24) is 24.1 Å². The summed E-state index contributed by atoms with van der Waals surface area (Å²) in [5.74, 6) is 1.92. The van der Waals surface area contributed by atoms with Crippen molar-refractivity contribution in [3.8, 4) is 45.3 Å². The van der Waals surface area contributed by atoms with E-state index >= 15 is 0 Å². The zero-order valence-electron chi connectivity index (χ0n) is 34.1. The molecule has 8 aromatic carbocycles. The van der Waals surface area contributed by atoms with Crippen LogP contribution in [0.5, 0.6) is 0 Å². The molecule has 0 atom stereocenters. The van der Waals surface area contributed by atoms with Crippen molar-refractivity contribution in [3.63, 3.8) is 0 Å². The van der Waals surface area contributed by atoms with Crippen LogP contribution >= 0.6 is 0 Å². The van der Waals surface area contributed by atoms with Crippen LogP contribution in [0.1, 0.15) is 18.7 Å². The summed E-state index contributed by atoms with van der Waals surface area (Å²) in [6, 6.07) is 64.6. The lowest BCUT2D eigenvalue weighted by Crippen LogP contribution is -2.08. The summed E-state index contributed by atoms with van der Waals surface area (Å²) in [5, 5.41) is 6.91. The number of hydrogen-bond acceptors (Lipinski definition) is 4. The highest BCUT2D eigenvalue weighted by molar-refractivity contribution is 6.16. The van der Waals surface area contributed by atoms with E-state index in [0.717, 1.165) is 95.7 Å². The number of nitrogens with zero attached hydrogens (tertiary/aromatic N) is 5. The molecule has 0 N–H and O–H groups in total. The molecule has 4 heterocycles. The first-order valence-electron chi connectivity index (χ1n) is 21.5.